The van der Waals surface area contributed by atoms with Crippen molar-refractivity contribution < 1.29 is 9.84 Å². The molecule has 0 aromatic heterocycles. The fourth-order valence-corrected chi connectivity index (χ4v) is 3.39. The van der Waals surface area contributed by atoms with Gasteiger partial charge in [0.25, 0.3) is 0 Å². The zero-order valence-corrected chi connectivity index (χ0v) is 13.0. The van der Waals surface area contributed by atoms with Gasteiger partial charge in [0.2, 0.25) is 0 Å². The minimum absolute atomic E-state index is 0.304. The van der Waals surface area contributed by atoms with E-state index in [2.05, 4.69) is 33.0 Å². The summed E-state index contributed by atoms with van der Waals surface area (Å²) in [5, 5.41) is 8.96. The molecular weight excluding hydrogens is 306 g/mol. The average Bonchev–Trinajstić information content (AvgIpc) is 2.84. The van der Waals surface area contributed by atoms with Crippen LogP contribution in [-0.2, 0) is 6.54 Å². The zero-order chi connectivity index (χ0) is 13.7. The van der Waals surface area contributed by atoms with Crippen LogP contribution in [0.4, 0.5) is 0 Å². The molecule has 0 radical (unpaired) electrons. The summed E-state index contributed by atoms with van der Waals surface area (Å²) in [6.45, 7) is 2.46. The zero-order valence-electron chi connectivity index (χ0n) is 11.4. The molecule has 0 spiro atoms. The first-order valence-corrected chi connectivity index (χ1v) is 7.71. The van der Waals surface area contributed by atoms with Gasteiger partial charge in [-0.3, -0.25) is 4.90 Å². The second kappa shape index (κ2) is 7.27. The van der Waals surface area contributed by atoms with Crippen molar-refractivity contribution in [2.75, 3.05) is 20.3 Å². The number of nitrogens with zero attached hydrogens (tertiary/aromatic N) is 1. The summed E-state index contributed by atoms with van der Waals surface area (Å²) < 4.78 is 6.27. The van der Waals surface area contributed by atoms with Gasteiger partial charge in [-0.2, -0.15) is 0 Å². The van der Waals surface area contributed by atoms with Crippen molar-refractivity contribution in [2.24, 2.45) is 0 Å². The molecule has 1 aromatic rings. The van der Waals surface area contributed by atoms with Crippen LogP contribution in [0.3, 0.4) is 0 Å². The minimum atomic E-state index is 0.304. The number of hydrogen-bond acceptors (Lipinski definition) is 3. The van der Waals surface area contributed by atoms with Crippen LogP contribution in [0.5, 0.6) is 5.75 Å². The summed E-state index contributed by atoms with van der Waals surface area (Å²) in [7, 11) is 1.69. The van der Waals surface area contributed by atoms with Gasteiger partial charge in [-0.1, -0.05) is 6.07 Å². The van der Waals surface area contributed by atoms with Crippen LogP contribution in [0.25, 0.3) is 0 Å². The van der Waals surface area contributed by atoms with Crippen LogP contribution in [0, 0.1) is 0 Å². The summed E-state index contributed by atoms with van der Waals surface area (Å²) in [6, 6.07) is 6.91. The van der Waals surface area contributed by atoms with E-state index in [0.29, 0.717) is 12.6 Å². The van der Waals surface area contributed by atoms with Gasteiger partial charge in [0.1, 0.15) is 5.75 Å². The van der Waals surface area contributed by atoms with Crippen LogP contribution >= 0.6 is 15.9 Å². The molecule has 4 heteroatoms. The Kier molecular flexibility index (Phi) is 5.67. The number of aliphatic hydroxyl groups excluding tert-OH is 1. The van der Waals surface area contributed by atoms with Gasteiger partial charge < -0.3 is 9.84 Å². The van der Waals surface area contributed by atoms with E-state index in [1.165, 1.54) is 24.9 Å². The van der Waals surface area contributed by atoms with Gasteiger partial charge in [0.15, 0.2) is 0 Å². The lowest BCUT2D eigenvalue weighted by atomic mass is 10.1. The third-order valence-electron chi connectivity index (χ3n) is 3.80. The highest BCUT2D eigenvalue weighted by Crippen LogP contribution is 2.28. The molecule has 1 saturated heterocycles. The van der Waals surface area contributed by atoms with E-state index >= 15 is 0 Å². The van der Waals surface area contributed by atoms with E-state index in [9.17, 15) is 0 Å². The molecule has 1 unspecified atom stereocenters. The highest BCUT2D eigenvalue weighted by Gasteiger charge is 2.23. The maximum absolute atomic E-state index is 8.96. The number of benzene rings is 1. The van der Waals surface area contributed by atoms with Crippen molar-refractivity contribution in [1.82, 2.24) is 4.90 Å². The molecule has 19 heavy (non-hydrogen) atoms. The smallest absolute Gasteiger partial charge is 0.133 e. The predicted molar refractivity (Wildman–Crippen MR) is 80.4 cm³/mol. The van der Waals surface area contributed by atoms with E-state index in [1.54, 1.807) is 7.11 Å². The van der Waals surface area contributed by atoms with Gasteiger partial charge in [0.05, 0.1) is 11.6 Å². The van der Waals surface area contributed by atoms with Gasteiger partial charge in [0, 0.05) is 19.2 Å². The molecule has 1 aliphatic heterocycles. The third kappa shape index (κ3) is 3.94. The Labute approximate surface area is 123 Å². The van der Waals surface area contributed by atoms with Crippen molar-refractivity contribution in [3.63, 3.8) is 0 Å². The fourth-order valence-electron chi connectivity index (χ4n) is 2.80. The Morgan fingerprint density at radius 1 is 1.47 bits per heavy atom. The number of methoxy groups -OCH3 is 1. The Bertz CT molecular complexity index is 411. The largest absolute Gasteiger partial charge is 0.496 e. The lowest BCUT2D eigenvalue weighted by Gasteiger charge is -2.24. The molecule has 3 nitrogen and oxygen atoms in total. The number of hydrogen-bond donors (Lipinski definition) is 1. The van der Waals surface area contributed by atoms with Gasteiger partial charge >= 0.3 is 0 Å². The number of likely N-dealkylation sites (tertiary alicyclic amines) is 1. The summed E-state index contributed by atoms with van der Waals surface area (Å²) >= 11 is 3.54. The first-order chi connectivity index (χ1) is 9.24. The summed E-state index contributed by atoms with van der Waals surface area (Å²) in [4.78, 5) is 2.53. The number of rotatable bonds is 6. The fraction of sp³-hybridized carbons (Fsp3) is 0.600. The highest BCUT2D eigenvalue weighted by atomic mass is 79.9. The summed E-state index contributed by atoms with van der Waals surface area (Å²) in [5.74, 6) is 0.877. The topological polar surface area (TPSA) is 32.7 Å². The molecule has 2 rings (SSSR count). The molecule has 1 heterocycles. The maximum atomic E-state index is 8.96. The normalized spacial score (nSPS) is 19.8. The van der Waals surface area contributed by atoms with Crippen LogP contribution in [0.1, 0.15) is 31.2 Å². The monoisotopic (exact) mass is 327 g/mol. The Hall–Kier alpha value is -0.580. The SMILES string of the molecule is COc1ccc(CN2CCCC2CCCO)cc1Br. The summed E-state index contributed by atoms with van der Waals surface area (Å²) in [6.07, 6.45) is 4.55. The maximum Gasteiger partial charge on any atom is 0.133 e. The number of aliphatic hydroxyl groups is 1. The predicted octanol–water partition coefficient (Wildman–Crippen LogP) is 3.19. The van der Waals surface area contributed by atoms with Gasteiger partial charge in [-0.05, 0) is 65.9 Å². The minimum Gasteiger partial charge on any atom is -0.496 e. The molecule has 1 aromatic carbocycles. The van der Waals surface area contributed by atoms with E-state index in [1.807, 2.05) is 6.07 Å². The van der Waals surface area contributed by atoms with Crippen molar-refractivity contribution in [3.8, 4) is 5.75 Å². The Balaban J connectivity index is 1.97. The summed E-state index contributed by atoms with van der Waals surface area (Å²) in [5.41, 5.74) is 1.31. The first-order valence-electron chi connectivity index (χ1n) is 6.92. The van der Waals surface area contributed by atoms with Crippen molar-refractivity contribution in [3.05, 3.63) is 28.2 Å². The molecule has 0 amide bonds. The average molecular weight is 328 g/mol. The Morgan fingerprint density at radius 3 is 3.00 bits per heavy atom. The number of halogens is 1. The van der Waals surface area contributed by atoms with Crippen molar-refractivity contribution >= 4 is 15.9 Å². The lowest BCUT2D eigenvalue weighted by molar-refractivity contribution is 0.210. The highest BCUT2D eigenvalue weighted by molar-refractivity contribution is 9.10. The number of ether oxygens (including phenoxy) is 1. The second-order valence-corrected chi connectivity index (χ2v) is 5.96. The van der Waals surface area contributed by atoms with Crippen LogP contribution in [0.15, 0.2) is 22.7 Å². The molecular formula is C15H22BrNO2. The molecule has 1 atom stereocenters. The van der Waals surface area contributed by atoms with Gasteiger partial charge in [-0.25, -0.2) is 0 Å². The molecule has 1 aliphatic rings. The van der Waals surface area contributed by atoms with E-state index in [-0.39, 0.29) is 0 Å². The van der Waals surface area contributed by atoms with Gasteiger partial charge in [-0.15, -0.1) is 0 Å². The standard InChI is InChI=1S/C15H22BrNO2/c1-19-15-7-6-12(10-14(15)16)11-17-8-2-4-13(17)5-3-9-18/h6-7,10,13,18H,2-5,8-9,11H2,1H3. The van der Waals surface area contributed by atoms with E-state index in [4.69, 9.17) is 9.84 Å². The molecule has 1 fully saturated rings. The lowest BCUT2D eigenvalue weighted by Crippen LogP contribution is -2.29. The van der Waals surface area contributed by atoms with Crippen LogP contribution in [-0.4, -0.2) is 36.3 Å². The molecule has 106 valence electrons. The Morgan fingerprint density at radius 2 is 2.32 bits per heavy atom. The van der Waals surface area contributed by atoms with E-state index < -0.39 is 0 Å². The second-order valence-electron chi connectivity index (χ2n) is 5.10. The molecule has 1 N–H and O–H groups in total. The molecule has 0 saturated carbocycles. The third-order valence-corrected chi connectivity index (χ3v) is 4.42. The molecule has 0 aliphatic carbocycles. The van der Waals surface area contributed by atoms with Crippen LogP contribution < -0.4 is 4.74 Å². The molecule has 0 bridgehead atoms. The van der Waals surface area contributed by atoms with E-state index in [0.717, 1.165) is 29.6 Å². The van der Waals surface area contributed by atoms with Crippen LogP contribution in [0.2, 0.25) is 0 Å². The van der Waals surface area contributed by atoms with Crippen molar-refractivity contribution in [1.29, 1.82) is 0 Å². The first kappa shape index (κ1) is 14.8. The van der Waals surface area contributed by atoms with Crippen molar-refractivity contribution in [2.45, 2.75) is 38.3 Å². The quantitative estimate of drug-likeness (QED) is 0.870.